The number of hydrogen-bond donors (Lipinski definition) is 0. The third kappa shape index (κ3) is 2.63. The van der Waals surface area contributed by atoms with Crippen LogP contribution in [0.4, 0.5) is 0 Å². The molecular formula is C13H10ClNO2. The van der Waals surface area contributed by atoms with Gasteiger partial charge in [0.1, 0.15) is 5.75 Å². The number of ether oxygens (including phenoxy) is 1. The van der Waals surface area contributed by atoms with Gasteiger partial charge in [0, 0.05) is 11.2 Å². The van der Waals surface area contributed by atoms with Crippen molar-refractivity contribution in [3.05, 3.63) is 52.7 Å². The summed E-state index contributed by atoms with van der Waals surface area (Å²) in [5.41, 5.74) is 1.33. The maximum Gasteiger partial charge on any atom is 0.229 e. The number of nitrogens with zero attached hydrogens (tertiary/aromatic N) is 1. The van der Waals surface area contributed by atoms with Gasteiger partial charge in [0.05, 0.1) is 5.56 Å². The van der Waals surface area contributed by atoms with Gasteiger partial charge in [-0.15, -0.1) is 0 Å². The summed E-state index contributed by atoms with van der Waals surface area (Å²) in [7, 11) is 0. The maximum absolute atomic E-state index is 10.8. The summed E-state index contributed by atoms with van der Waals surface area (Å²) in [4.78, 5) is 14.8. The van der Waals surface area contributed by atoms with Crippen molar-refractivity contribution in [2.45, 2.75) is 6.92 Å². The van der Waals surface area contributed by atoms with Crippen LogP contribution in [0.5, 0.6) is 11.6 Å². The van der Waals surface area contributed by atoms with Gasteiger partial charge in [-0.1, -0.05) is 11.6 Å². The first kappa shape index (κ1) is 11.6. The largest absolute Gasteiger partial charge is 0.438 e. The van der Waals surface area contributed by atoms with Crippen LogP contribution in [0, 0.1) is 6.92 Å². The quantitative estimate of drug-likeness (QED) is 0.777. The fourth-order valence-electron chi connectivity index (χ4n) is 1.37. The zero-order chi connectivity index (χ0) is 12.3. The average molecular weight is 248 g/mol. The molecule has 0 aliphatic carbocycles. The first-order valence-electron chi connectivity index (χ1n) is 5.05. The second kappa shape index (κ2) is 4.97. The van der Waals surface area contributed by atoms with E-state index < -0.39 is 0 Å². The third-order valence-corrected chi connectivity index (χ3v) is 2.70. The second-order valence-corrected chi connectivity index (χ2v) is 3.94. The minimum atomic E-state index is 0.296. The molecule has 4 heteroatoms. The summed E-state index contributed by atoms with van der Waals surface area (Å²) in [6.07, 6.45) is 2.29. The van der Waals surface area contributed by atoms with Gasteiger partial charge < -0.3 is 4.74 Å². The van der Waals surface area contributed by atoms with E-state index in [0.717, 1.165) is 5.56 Å². The molecule has 3 nitrogen and oxygen atoms in total. The van der Waals surface area contributed by atoms with E-state index in [9.17, 15) is 4.79 Å². The van der Waals surface area contributed by atoms with Gasteiger partial charge in [-0.2, -0.15) is 0 Å². The predicted molar refractivity (Wildman–Crippen MR) is 65.9 cm³/mol. The van der Waals surface area contributed by atoms with Gasteiger partial charge >= 0.3 is 0 Å². The molecule has 0 spiro atoms. The monoisotopic (exact) mass is 247 g/mol. The first-order chi connectivity index (χ1) is 8.20. The second-order valence-electron chi connectivity index (χ2n) is 3.53. The number of aromatic nitrogens is 1. The Hall–Kier alpha value is -1.87. The van der Waals surface area contributed by atoms with Crippen LogP contribution in [0.1, 0.15) is 15.9 Å². The summed E-state index contributed by atoms with van der Waals surface area (Å²) in [5.74, 6) is 0.901. The molecule has 0 radical (unpaired) electrons. The molecule has 17 heavy (non-hydrogen) atoms. The number of rotatable bonds is 3. The number of carbonyl (C=O) groups is 1. The van der Waals surface area contributed by atoms with Crippen LogP contribution in [0.25, 0.3) is 0 Å². The van der Waals surface area contributed by atoms with Crippen LogP contribution >= 0.6 is 11.6 Å². The van der Waals surface area contributed by atoms with Crippen LogP contribution in [-0.2, 0) is 0 Å². The van der Waals surface area contributed by atoms with Crippen molar-refractivity contribution >= 4 is 17.9 Å². The van der Waals surface area contributed by atoms with Gasteiger partial charge in [-0.25, -0.2) is 4.98 Å². The number of aryl methyl sites for hydroxylation is 1. The SMILES string of the molecule is Cc1cc(Oc2ncccc2C=O)ccc1Cl. The minimum Gasteiger partial charge on any atom is -0.438 e. The topological polar surface area (TPSA) is 39.2 Å². The zero-order valence-electron chi connectivity index (χ0n) is 9.18. The van der Waals surface area contributed by atoms with Crippen molar-refractivity contribution < 1.29 is 9.53 Å². The molecule has 0 fully saturated rings. The molecule has 2 aromatic rings. The molecule has 0 saturated carbocycles. The number of carbonyl (C=O) groups excluding carboxylic acids is 1. The van der Waals surface area contributed by atoms with Crippen molar-refractivity contribution in [1.29, 1.82) is 0 Å². The molecule has 1 aromatic carbocycles. The summed E-state index contributed by atoms with van der Waals surface area (Å²) >= 11 is 5.91. The number of benzene rings is 1. The number of aldehydes is 1. The molecule has 0 aliphatic rings. The van der Waals surface area contributed by atoms with E-state index >= 15 is 0 Å². The fraction of sp³-hybridized carbons (Fsp3) is 0.0769. The Labute approximate surface area is 104 Å². The highest BCUT2D eigenvalue weighted by molar-refractivity contribution is 6.31. The predicted octanol–water partition coefficient (Wildman–Crippen LogP) is 3.65. The van der Waals surface area contributed by atoms with E-state index in [1.165, 1.54) is 0 Å². The Kier molecular flexibility index (Phi) is 3.40. The standard InChI is InChI=1S/C13H10ClNO2/c1-9-7-11(4-5-12(9)14)17-13-10(8-16)3-2-6-15-13/h2-8H,1H3. The maximum atomic E-state index is 10.8. The molecule has 0 amide bonds. The Bertz CT molecular complexity index is 555. The summed E-state index contributed by atoms with van der Waals surface area (Å²) in [6.45, 7) is 1.88. The van der Waals surface area contributed by atoms with E-state index in [0.29, 0.717) is 28.5 Å². The van der Waals surface area contributed by atoms with Crippen LogP contribution in [0.15, 0.2) is 36.5 Å². The van der Waals surface area contributed by atoms with Crippen molar-refractivity contribution in [2.24, 2.45) is 0 Å². The molecule has 0 aliphatic heterocycles. The summed E-state index contributed by atoms with van der Waals surface area (Å²) < 4.78 is 5.54. The number of hydrogen-bond acceptors (Lipinski definition) is 3. The zero-order valence-corrected chi connectivity index (χ0v) is 9.94. The number of pyridine rings is 1. The number of halogens is 1. The van der Waals surface area contributed by atoms with E-state index in [1.807, 2.05) is 6.92 Å². The lowest BCUT2D eigenvalue weighted by atomic mass is 10.2. The molecule has 0 saturated heterocycles. The fourth-order valence-corrected chi connectivity index (χ4v) is 1.49. The van der Waals surface area contributed by atoms with Gasteiger partial charge in [0.25, 0.3) is 0 Å². The van der Waals surface area contributed by atoms with E-state index in [4.69, 9.17) is 16.3 Å². The summed E-state index contributed by atoms with van der Waals surface area (Å²) in [5, 5.41) is 0.675. The minimum absolute atomic E-state index is 0.296. The molecule has 0 bridgehead atoms. The van der Waals surface area contributed by atoms with Crippen molar-refractivity contribution in [3.63, 3.8) is 0 Å². The van der Waals surface area contributed by atoms with Gasteiger partial charge in [-0.05, 0) is 42.8 Å². The van der Waals surface area contributed by atoms with Crippen LogP contribution in [0.3, 0.4) is 0 Å². The van der Waals surface area contributed by atoms with E-state index in [-0.39, 0.29) is 0 Å². The molecule has 0 N–H and O–H groups in total. The molecule has 2 rings (SSSR count). The molecular weight excluding hydrogens is 238 g/mol. The molecule has 1 aromatic heterocycles. The lowest BCUT2D eigenvalue weighted by molar-refractivity contribution is 0.112. The van der Waals surface area contributed by atoms with Gasteiger partial charge in [0.2, 0.25) is 5.88 Å². The Morgan fingerprint density at radius 3 is 2.88 bits per heavy atom. The highest BCUT2D eigenvalue weighted by Crippen LogP contribution is 2.26. The van der Waals surface area contributed by atoms with Crippen molar-refractivity contribution in [3.8, 4) is 11.6 Å². The van der Waals surface area contributed by atoms with Crippen molar-refractivity contribution in [2.75, 3.05) is 0 Å². The Balaban J connectivity index is 2.31. The molecule has 0 atom stereocenters. The lowest BCUT2D eigenvalue weighted by Gasteiger charge is -2.07. The highest BCUT2D eigenvalue weighted by Gasteiger charge is 2.05. The molecule has 0 unspecified atom stereocenters. The van der Waals surface area contributed by atoms with E-state index in [2.05, 4.69) is 4.98 Å². The third-order valence-electron chi connectivity index (χ3n) is 2.27. The van der Waals surface area contributed by atoms with E-state index in [1.54, 1.807) is 36.5 Å². The Morgan fingerprint density at radius 1 is 1.35 bits per heavy atom. The molecule has 1 heterocycles. The van der Waals surface area contributed by atoms with Crippen LogP contribution < -0.4 is 4.74 Å². The van der Waals surface area contributed by atoms with Crippen molar-refractivity contribution in [1.82, 2.24) is 4.98 Å². The van der Waals surface area contributed by atoms with Gasteiger partial charge in [0.15, 0.2) is 6.29 Å². The lowest BCUT2D eigenvalue weighted by Crippen LogP contribution is -1.93. The Morgan fingerprint density at radius 2 is 2.18 bits per heavy atom. The highest BCUT2D eigenvalue weighted by atomic mass is 35.5. The van der Waals surface area contributed by atoms with Crippen LogP contribution in [-0.4, -0.2) is 11.3 Å². The normalized spacial score (nSPS) is 10.0. The smallest absolute Gasteiger partial charge is 0.229 e. The molecule has 86 valence electrons. The summed E-state index contributed by atoms with van der Waals surface area (Å²) in [6, 6.07) is 8.61. The first-order valence-corrected chi connectivity index (χ1v) is 5.42. The van der Waals surface area contributed by atoms with Crippen LogP contribution in [0.2, 0.25) is 5.02 Å². The average Bonchev–Trinajstić information content (AvgIpc) is 2.34. The van der Waals surface area contributed by atoms with Gasteiger partial charge in [-0.3, -0.25) is 4.79 Å².